The fourth-order valence-corrected chi connectivity index (χ4v) is 2.25. The minimum absolute atomic E-state index is 0.418. The van der Waals surface area contributed by atoms with E-state index in [4.69, 9.17) is 0 Å². The number of carbonyl (C=O) groups excluding carboxylic acids is 1. The van der Waals surface area contributed by atoms with Gasteiger partial charge in [0.1, 0.15) is 5.78 Å². The Kier molecular flexibility index (Phi) is 5.21. The lowest BCUT2D eigenvalue weighted by Gasteiger charge is -1.99. The van der Waals surface area contributed by atoms with E-state index in [0.717, 1.165) is 5.92 Å². The van der Waals surface area contributed by atoms with Gasteiger partial charge < -0.3 is 0 Å². The highest BCUT2D eigenvalue weighted by Crippen LogP contribution is 2.42. The van der Waals surface area contributed by atoms with Crippen LogP contribution >= 0.6 is 0 Å². The molecule has 2 atom stereocenters. The van der Waals surface area contributed by atoms with Crippen molar-refractivity contribution in [2.75, 3.05) is 0 Å². The Morgan fingerprint density at radius 3 is 2.36 bits per heavy atom. The Balaban J connectivity index is 1.84. The number of rotatable bonds is 8. The molecule has 0 aromatic carbocycles. The van der Waals surface area contributed by atoms with Crippen LogP contribution in [0.2, 0.25) is 0 Å². The monoisotopic (exact) mass is 196 g/mol. The molecule has 0 aromatic rings. The maximum Gasteiger partial charge on any atom is 0.133 e. The van der Waals surface area contributed by atoms with Gasteiger partial charge in [-0.2, -0.15) is 0 Å². The van der Waals surface area contributed by atoms with Gasteiger partial charge in [0.15, 0.2) is 0 Å². The van der Waals surface area contributed by atoms with Crippen LogP contribution in [0.25, 0.3) is 0 Å². The minimum Gasteiger partial charge on any atom is -0.300 e. The topological polar surface area (TPSA) is 17.1 Å². The second-order valence-electron chi connectivity index (χ2n) is 4.77. The fraction of sp³-hybridized carbons (Fsp3) is 0.923. The summed E-state index contributed by atoms with van der Waals surface area (Å²) in [5, 5.41) is 0. The normalized spacial score (nSPS) is 25.0. The summed E-state index contributed by atoms with van der Waals surface area (Å²) in [7, 11) is 0. The molecule has 1 rings (SSSR count). The second kappa shape index (κ2) is 6.21. The van der Waals surface area contributed by atoms with Crippen LogP contribution in [0.4, 0.5) is 0 Å². The first-order valence-corrected chi connectivity index (χ1v) is 6.26. The first-order chi connectivity index (χ1) is 6.75. The summed E-state index contributed by atoms with van der Waals surface area (Å²) >= 11 is 0. The number of unbranched alkanes of at least 4 members (excludes halogenated alkanes) is 5. The van der Waals surface area contributed by atoms with Crippen molar-refractivity contribution >= 4 is 5.78 Å². The first kappa shape index (κ1) is 11.7. The van der Waals surface area contributed by atoms with Gasteiger partial charge in [-0.05, 0) is 25.7 Å². The molecular weight excluding hydrogens is 172 g/mol. The Morgan fingerprint density at radius 1 is 1.14 bits per heavy atom. The zero-order valence-electron chi connectivity index (χ0n) is 9.72. The minimum atomic E-state index is 0.418. The van der Waals surface area contributed by atoms with Crippen LogP contribution in [0, 0.1) is 11.8 Å². The largest absolute Gasteiger partial charge is 0.300 e. The number of ketones is 1. The van der Waals surface area contributed by atoms with Crippen molar-refractivity contribution < 1.29 is 4.79 Å². The van der Waals surface area contributed by atoms with Gasteiger partial charge in [0.2, 0.25) is 0 Å². The predicted octanol–water partition coefficient (Wildman–Crippen LogP) is 3.96. The van der Waals surface area contributed by atoms with Crippen molar-refractivity contribution in [1.82, 2.24) is 0 Å². The van der Waals surface area contributed by atoms with E-state index in [2.05, 4.69) is 6.92 Å². The Bertz CT molecular complexity index is 174. The molecule has 0 N–H and O–H groups in total. The van der Waals surface area contributed by atoms with Gasteiger partial charge in [0.25, 0.3) is 0 Å². The first-order valence-electron chi connectivity index (χ1n) is 6.26. The lowest BCUT2D eigenvalue weighted by molar-refractivity contribution is -0.118. The number of carbonyl (C=O) groups is 1. The molecule has 82 valence electrons. The van der Waals surface area contributed by atoms with Gasteiger partial charge in [-0.3, -0.25) is 4.79 Å². The average molecular weight is 196 g/mol. The molecule has 0 aromatic heterocycles. The summed E-state index contributed by atoms with van der Waals surface area (Å²) in [6, 6.07) is 0. The summed E-state index contributed by atoms with van der Waals surface area (Å²) in [6.45, 7) is 3.99. The molecule has 0 saturated heterocycles. The third kappa shape index (κ3) is 4.26. The van der Waals surface area contributed by atoms with Gasteiger partial charge in [0, 0.05) is 5.92 Å². The summed E-state index contributed by atoms with van der Waals surface area (Å²) in [4.78, 5) is 11.0. The van der Waals surface area contributed by atoms with E-state index in [1.165, 1.54) is 51.4 Å². The standard InChI is InChI=1S/C13H24O/c1-3-4-5-6-7-8-9-12-10-13(12)11(2)14/h12-13H,3-10H2,1-2H3. The lowest BCUT2D eigenvalue weighted by Crippen LogP contribution is -1.95. The summed E-state index contributed by atoms with van der Waals surface area (Å²) < 4.78 is 0. The van der Waals surface area contributed by atoms with E-state index in [1.54, 1.807) is 6.92 Å². The molecule has 1 aliphatic carbocycles. The molecule has 0 aliphatic heterocycles. The third-order valence-corrected chi connectivity index (χ3v) is 3.37. The molecule has 1 fully saturated rings. The Hall–Kier alpha value is -0.330. The quantitative estimate of drug-likeness (QED) is 0.537. The number of Topliss-reactive ketones (excluding diaryl/α,β-unsaturated/α-hetero) is 1. The number of hydrogen-bond acceptors (Lipinski definition) is 1. The highest BCUT2D eigenvalue weighted by atomic mass is 16.1. The van der Waals surface area contributed by atoms with Gasteiger partial charge in [0.05, 0.1) is 0 Å². The van der Waals surface area contributed by atoms with Gasteiger partial charge >= 0.3 is 0 Å². The molecule has 0 amide bonds. The molecule has 0 radical (unpaired) electrons. The van der Waals surface area contributed by atoms with E-state index in [-0.39, 0.29) is 0 Å². The lowest BCUT2D eigenvalue weighted by atomic mass is 10.1. The van der Waals surface area contributed by atoms with E-state index in [0.29, 0.717) is 11.7 Å². The van der Waals surface area contributed by atoms with Crippen LogP contribution in [-0.4, -0.2) is 5.78 Å². The molecule has 0 spiro atoms. The third-order valence-electron chi connectivity index (χ3n) is 3.37. The highest BCUT2D eigenvalue weighted by molar-refractivity contribution is 5.81. The molecule has 2 unspecified atom stereocenters. The second-order valence-corrected chi connectivity index (χ2v) is 4.77. The Morgan fingerprint density at radius 2 is 1.79 bits per heavy atom. The molecule has 0 bridgehead atoms. The summed E-state index contributed by atoms with van der Waals surface area (Å²) in [5.74, 6) is 1.63. The van der Waals surface area contributed by atoms with Crippen molar-refractivity contribution in [3.05, 3.63) is 0 Å². The maximum atomic E-state index is 11.0. The van der Waals surface area contributed by atoms with Crippen LogP contribution in [0.1, 0.15) is 65.2 Å². The zero-order valence-corrected chi connectivity index (χ0v) is 9.72. The van der Waals surface area contributed by atoms with Gasteiger partial charge in [-0.15, -0.1) is 0 Å². The van der Waals surface area contributed by atoms with E-state index >= 15 is 0 Å². The van der Waals surface area contributed by atoms with E-state index < -0.39 is 0 Å². The SMILES string of the molecule is CCCCCCCCC1CC1C(C)=O. The van der Waals surface area contributed by atoms with Crippen LogP contribution in [0.15, 0.2) is 0 Å². The van der Waals surface area contributed by atoms with Crippen LogP contribution in [0.3, 0.4) is 0 Å². The predicted molar refractivity (Wildman–Crippen MR) is 60.3 cm³/mol. The van der Waals surface area contributed by atoms with Crippen LogP contribution < -0.4 is 0 Å². The van der Waals surface area contributed by atoms with Crippen molar-refractivity contribution in [2.45, 2.75) is 65.2 Å². The van der Waals surface area contributed by atoms with Crippen molar-refractivity contribution in [3.63, 3.8) is 0 Å². The average Bonchev–Trinajstić information content (AvgIpc) is 2.90. The molecule has 1 heteroatoms. The Labute approximate surface area is 88.3 Å². The molecule has 0 heterocycles. The smallest absolute Gasteiger partial charge is 0.133 e. The van der Waals surface area contributed by atoms with Crippen LogP contribution in [-0.2, 0) is 4.79 Å². The van der Waals surface area contributed by atoms with Gasteiger partial charge in [-0.1, -0.05) is 45.4 Å². The maximum absolute atomic E-state index is 11.0. The van der Waals surface area contributed by atoms with E-state index in [1.807, 2.05) is 0 Å². The summed E-state index contributed by atoms with van der Waals surface area (Å²) in [5.41, 5.74) is 0. The molecular formula is C13H24O. The summed E-state index contributed by atoms with van der Waals surface area (Å²) in [6.07, 6.45) is 10.7. The highest BCUT2D eigenvalue weighted by Gasteiger charge is 2.39. The van der Waals surface area contributed by atoms with Crippen molar-refractivity contribution in [3.8, 4) is 0 Å². The molecule has 1 saturated carbocycles. The van der Waals surface area contributed by atoms with Crippen molar-refractivity contribution in [1.29, 1.82) is 0 Å². The molecule has 1 aliphatic rings. The zero-order chi connectivity index (χ0) is 10.4. The fourth-order valence-electron chi connectivity index (χ4n) is 2.25. The van der Waals surface area contributed by atoms with Crippen LogP contribution in [0.5, 0.6) is 0 Å². The number of hydrogen-bond donors (Lipinski definition) is 0. The van der Waals surface area contributed by atoms with E-state index in [9.17, 15) is 4.79 Å². The molecule has 1 nitrogen and oxygen atoms in total. The van der Waals surface area contributed by atoms with Crippen molar-refractivity contribution in [2.24, 2.45) is 11.8 Å². The van der Waals surface area contributed by atoms with Gasteiger partial charge in [-0.25, -0.2) is 0 Å². The molecule has 14 heavy (non-hydrogen) atoms.